The van der Waals surface area contributed by atoms with Crippen LogP contribution >= 0.6 is 11.8 Å². The zero-order valence-electron chi connectivity index (χ0n) is 19.1. The fraction of sp³-hybridized carbons (Fsp3) is 0.370. The van der Waals surface area contributed by atoms with E-state index in [1.165, 1.54) is 18.2 Å². The Kier molecular flexibility index (Phi) is 8.26. The van der Waals surface area contributed by atoms with Gasteiger partial charge in [0.05, 0.1) is 22.4 Å². The van der Waals surface area contributed by atoms with Crippen molar-refractivity contribution >= 4 is 23.6 Å². The Hall–Kier alpha value is -3.24. The fourth-order valence-corrected chi connectivity index (χ4v) is 5.30. The minimum Gasteiger partial charge on any atom is -0.489 e. The summed E-state index contributed by atoms with van der Waals surface area (Å²) in [6.45, 7) is 0.471. The van der Waals surface area contributed by atoms with Crippen LogP contribution in [0.1, 0.15) is 55.6 Å². The van der Waals surface area contributed by atoms with Crippen molar-refractivity contribution in [3.05, 3.63) is 76.3 Å². The van der Waals surface area contributed by atoms with Gasteiger partial charge in [0, 0.05) is 18.4 Å². The molecule has 2 aromatic rings. The first-order chi connectivity index (χ1) is 16.6. The molecule has 6 nitrogen and oxygen atoms in total. The van der Waals surface area contributed by atoms with Crippen LogP contribution in [0.2, 0.25) is 0 Å². The number of nitrogens with one attached hydrogen (secondary N) is 2. The maximum atomic E-state index is 12.4. The third-order valence-corrected chi connectivity index (χ3v) is 7.22. The smallest absolute Gasteiger partial charge is 0.230 e. The van der Waals surface area contributed by atoms with Crippen molar-refractivity contribution in [3.8, 4) is 11.8 Å². The van der Waals surface area contributed by atoms with Gasteiger partial charge in [0.15, 0.2) is 0 Å². The molecule has 1 aliphatic heterocycles. The van der Waals surface area contributed by atoms with Crippen molar-refractivity contribution in [1.82, 2.24) is 10.6 Å². The molecule has 4 rings (SSSR count). The number of rotatable bonds is 8. The zero-order valence-corrected chi connectivity index (χ0v) is 19.9. The predicted octanol–water partition coefficient (Wildman–Crippen LogP) is 4.79. The van der Waals surface area contributed by atoms with E-state index in [-0.39, 0.29) is 35.9 Å². The van der Waals surface area contributed by atoms with Gasteiger partial charge in [-0.05, 0) is 36.1 Å². The third-order valence-electron chi connectivity index (χ3n) is 6.20. The molecule has 1 unspecified atom stereocenters. The summed E-state index contributed by atoms with van der Waals surface area (Å²) in [6.07, 6.45) is 5.77. The summed E-state index contributed by atoms with van der Waals surface area (Å²) in [4.78, 5) is 24.8. The van der Waals surface area contributed by atoms with E-state index in [1.807, 2.05) is 54.6 Å². The van der Waals surface area contributed by atoms with Gasteiger partial charge in [0.2, 0.25) is 11.8 Å². The van der Waals surface area contributed by atoms with E-state index < -0.39 is 0 Å². The molecular weight excluding hydrogens is 446 g/mol. The average molecular weight is 476 g/mol. The summed E-state index contributed by atoms with van der Waals surface area (Å²) < 4.78 is 5.85. The van der Waals surface area contributed by atoms with Crippen molar-refractivity contribution in [2.24, 2.45) is 0 Å². The van der Waals surface area contributed by atoms with Gasteiger partial charge in [-0.15, -0.1) is 0 Å². The average Bonchev–Trinajstić information content (AvgIpc) is 2.87. The number of carbonyl (C=O) groups is 2. The molecule has 176 valence electrons. The first-order valence-corrected chi connectivity index (χ1v) is 12.7. The largest absolute Gasteiger partial charge is 0.489 e. The fourth-order valence-electron chi connectivity index (χ4n) is 4.41. The van der Waals surface area contributed by atoms with Gasteiger partial charge >= 0.3 is 0 Å². The zero-order chi connectivity index (χ0) is 23.8. The topological polar surface area (TPSA) is 91.2 Å². The minimum absolute atomic E-state index is 0.0574. The van der Waals surface area contributed by atoms with Crippen molar-refractivity contribution < 1.29 is 14.3 Å². The molecule has 0 aromatic heterocycles. The van der Waals surface area contributed by atoms with E-state index in [1.54, 1.807) is 0 Å². The van der Waals surface area contributed by atoms with Crippen LogP contribution in [0.15, 0.2) is 65.2 Å². The van der Waals surface area contributed by atoms with E-state index in [4.69, 9.17) is 4.74 Å². The van der Waals surface area contributed by atoms with E-state index in [9.17, 15) is 14.9 Å². The molecule has 0 bridgehead atoms. The lowest BCUT2D eigenvalue weighted by molar-refractivity contribution is -0.121. The number of benzene rings is 2. The van der Waals surface area contributed by atoms with Crippen LogP contribution < -0.4 is 15.4 Å². The second-order valence-corrected chi connectivity index (χ2v) is 9.68. The van der Waals surface area contributed by atoms with E-state index in [0.717, 1.165) is 42.6 Å². The standard InChI is InChI=1S/C27H29N3O3S/c28-16-24-23(20-11-13-22(14-12-20)33-17-19-7-3-1-4-8-19)15-25(31)30-27(24)34-18-26(32)29-21-9-5-2-6-10-21/h1,3-4,7-8,11-14,21,23H,2,5-6,9-10,15,17-18H2,(H,29,32)(H,30,31). The van der Waals surface area contributed by atoms with Gasteiger partial charge in [-0.25, -0.2) is 0 Å². The van der Waals surface area contributed by atoms with Gasteiger partial charge in [0.1, 0.15) is 12.4 Å². The third kappa shape index (κ3) is 6.42. The molecule has 1 atom stereocenters. The lowest BCUT2D eigenvalue weighted by Gasteiger charge is -2.26. The van der Waals surface area contributed by atoms with Gasteiger partial charge in [-0.3, -0.25) is 9.59 Å². The Morgan fingerprint density at radius 1 is 1.09 bits per heavy atom. The molecule has 2 aliphatic rings. The van der Waals surface area contributed by atoms with Crippen LogP contribution in [0.3, 0.4) is 0 Å². The molecular formula is C27H29N3O3S. The van der Waals surface area contributed by atoms with Gasteiger partial charge in [-0.1, -0.05) is 73.5 Å². The predicted molar refractivity (Wildman–Crippen MR) is 133 cm³/mol. The first-order valence-electron chi connectivity index (χ1n) is 11.8. The summed E-state index contributed by atoms with van der Waals surface area (Å²) in [5.41, 5.74) is 2.45. The van der Waals surface area contributed by atoms with Crippen LogP contribution in [0.5, 0.6) is 5.75 Å². The normalized spacial score (nSPS) is 18.7. The molecule has 34 heavy (non-hydrogen) atoms. The molecule has 0 saturated heterocycles. The molecule has 1 aliphatic carbocycles. The molecule has 1 fully saturated rings. The molecule has 0 radical (unpaired) electrons. The van der Waals surface area contributed by atoms with Crippen LogP contribution in [0, 0.1) is 11.3 Å². The van der Waals surface area contributed by atoms with E-state index in [2.05, 4.69) is 16.7 Å². The number of ether oxygens (including phenoxy) is 1. The van der Waals surface area contributed by atoms with E-state index >= 15 is 0 Å². The number of amides is 2. The Labute approximate surface area is 204 Å². The van der Waals surface area contributed by atoms with Crippen molar-refractivity contribution in [2.75, 3.05) is 5.75 Å². The van der Waals surface area contributed by atoms with Crippen LogP contribution in [0.4, 0.5) is 0 Å². The highest BCUT2D eigenvalue weighted by Gasteiger charge is 2.30. The van der Waals surface area contributed by atoms with Gasteiger partial charge in [-0.2, -0.15) is 5.26 Å². The number of thioether (sulfide) groups is 1. The molecule has 7 heteroatoms. The summed E-state index contributed by atoms with van der Waals surface area (Å²) in [5, 5.41) is 16.2. The number of carbonyl (C=O) groups excluding carboxylic acids is 2. The summed E-state index contributed by atoms with van der Waals surface area (Å²) in [7, 11) is 0. The molecule has 2 aromatic carbocycles. The second-order valence-electron chi connectivity index (χ2n) is 8.69. The van der Waals surface area contributed by atoms with Crippen molar-refractivity contribution in [3.63, 3.8) is 0 Å². The monoisotopic (exact) mass is 475 g/mol. The number of hydrogen-bond acceptors (Lipinski definition) is 5. The number of hydrogen-bond donors (Lipinski definition) is 2. The maximum Gasteiger partial charge on any atom is 0.230 e. The summed E-state index contributed by atoms with van der Waals surface area (Å²) in [6, 6.07) is 20.0. The highest BCUT2D eigenvalue weighted by atomic mass is 32.2. The molecule has 2 N–H and O–H groups in total. The second kappa shape index (κ2) is 11.8. The number of nitrogens with zero attached hydrogens (tertiary/aromatic N) is 1. The molecule has 2 amide bonds. The number of allylic oxidation sites excluding steroid dienone is 1. The lowest BCUT2D eigenvalue weighted by Crippen LogP contribution is -2.38. The summed E-state index contributed by atoms with van der Waals surface area (Å²) >= 11 is 1.23. The summed E-state index contributed by atoms with van der Waals surface area (Å²) in [5.74, 6) is 0.354. The van der Waals surface area contributed by atoms with Gasteiger partial charge < -0.3 is 15.4 Å². The Morgan fingerprint density at radius 2 is 1.82 bits per heavy atom. The molecule has 0 spiro atoms. The minimum atomic E-state index is -0.342. The van der Waals surface area contributed by atoms with Crippen LogP contribution in [0.25, 0.3) is 0 Å². The van der Waals surface area contributed by atoms with Gasteiger partial charge in [0.25, 0.3) is 0 Å². The Morgan fingerprint density at radius 3 is 2.53 bits per heavy atom. The van der Waals surface area contributed by atoms with Crippen molar-refractivity contribution in [1.29, 1.82) is 5.26 Å². The Balaban J connectivity index is 1.40. The first kappa shape index (κ1) is 23.9. The highest BCUT2D eigenvalue weighted by Crippen LogP contribution is 2.36. The highest BCUT2D eigenvalue weighted by molar-refractivity contribution is 8.03. The maximum absolute atomic E-state index is 12.4. The van der Waals surface area contributed by atoms with E-state index in [0.29, 0.717) is 17.2 Å². The number of nitriles is 1. The quantitative estimate of drug-likeness (QED) is 0.573. The van der Waals surface area contributed by atoms with Crippen LogP contribution in [-0.4, -0.2) is 23.6 Å². The SMILES string of the molecule is N#CC1=C(SCC(=O)NC2CCCCC2)NC(=O)CC1c1ccc(OCc2ccccc2)cc1. The van der Waals surface area contributed by atoms with Crippen molar-refractivity contribution in [2.45, 2.75) is 57.1 Å². The lowest BCUT2D eigenvalue weighted by atomic mass is 9.87. The molecule has 1 heterocycles. The Bertz CT molecular complexity index is 1070. The van der Waals surface area contributed by atoms with Crippen LogP contribution in [-0.2, 0) is 16.2 Å². The molecule has 1 saturated carbocycles.